The fraction of sp³-hybridized carbons (Fsp3) is 0.125. The Morgan fingerprint density at radius 1 is 1.18 bits per heavy atom. The van der Waals surface area contributed by atoms with E-state index in [-0.39, 0.29) is 4.90 Å². The average Bonchev–Trinajstić information content (AvgIpc) is 2.52. The molecule has 22 heavy (non-hydrogen) atoms. The van der Waals surface area contributed by atoms with Crippen LogP contribution in [0.2, 0.25) is 0 Å². The first kappa shape index (κ1) is 15.6. The topological polar surface area (TPSA) is 85.0 Å². The highest BCUT2D eigenvalue weighted by Gasteiger charge is 2.18. The first-order valence-corrected chi connectivity index (χ1v) is 7.98. The van der Waals surface area contributed by atoms with Gasteiger partial charge in [0, 0.05) is 17.8 Å². The van der Waals surface area contributed by atoms with Crippen molar-refractivity contribution < 1.29 is 8.42 Å². The normalized spacial score (nSPS) is 16.3. The average molecular weight is 311 g/mol. The van der Waals surface area contributed by atoms with Crippen LogP contribution in [0.1, 0.15) is 6.92 Å². The Balaban J connectivity index is 2.33. The van der Waals surface area contributed by atoms with Crippen LogP contribution in [0, 0.1) is 22.7 Å². The van der Waals surface area contributed by atoms with Crippen LogP contribution in [0.25, 0.3) is 0 Å². The number of sulfone groups is 1. The lowest BCUT2D eigenvalue weighted by molar-refractivity contribution is 0.494. The Hall–Kier alpha value is -2.83. The Bertz CT molecular complexity index is 824. The SMILES string of the molecule is CC1=CN(C(C#N)C#N)C=C/C1=C\S(=O)(=O)c1ccccc1. The van der Waals surface area contributed by atoms with E-state index >= 15 is 0 Å². The molecule has 0 unspecified atom stereocenters. The van der Waals surface area contributed by atoms with Crippen LogP contribution in [-0.2, 0) is 9.84 Å². The third-order valence-corrected chi connectivity index (χ3v) is 4.61. The van der Waals surface area contributed by atoms with E-state index in [1.54, 1.807) is 37.4 Å². The Morgan fingerprint density at radius 3 is 2.36 bits per heavy atom. The number of nitriles is 2. The van der Waals surface area contributed by atoms with Crippen molar-refractivity contribution in [3.63, 3.8) is 0 Å². The highest BCUT2D eigenvalue weighted by atomic mass is 32.2. The molecule has 1 aromatic carbocycles. The van der Waals surface area contributed by atoms with Gasteiger partial charge < -0.3 is 4.90 Å². The fourth-order valence-electron chi connectivity index (χ4n) is 1.94. The van der Waals surface area contributed by atoms with Crippen LogP contribution >= 0.6 is 0 Å². The van der Waals surface area contributed by atoms with Gasteiger partial charge in [-0.2, -0.15) is 10.5 Å². The number of rotatable bonds is 3. The van der Waals surface area contributed by atoms with E-state index in [1.165, 1.54) is 28.6 Å². The fourth-order valence-corrected chi connectivity index (χ4v) is 3.21. The van der Waals surface area contributed by atoms with Crippen molar-refractivity contribution in [3.8, 4) is 12.1 Å². The summed E-state index contributed by atoms with van der Waals surface area (Å²) >= 11 is 0. The van der Waals surface area contributed by atoms with Gasteiger partial charge in [0.05, 0.1) is 4.90 Å². The molecule has 0 N–H and O–H groups in total. The van der Waals surface area contributed by atoms with Gasteiger partial charge in [-0.25, -0.2) is 8.42 Å². The predicted molar refractivity (Wildman–Crippen MR) is 81.5 cm³/mol. The standard InChI is InChI=1S/C16H13N3O2S/c1-13-11-19(15(9-17)10-18)8-7-14(13)12-22(20,21)16-5-3-2-4-6-16/h2-8,11-12,15H,1H3/b14-12+. The Kier molecular flexibility index (Phi) is 4.45. The van der Waals surface area contributed by atoms with Crippen molar-refractivity contribution in [2.45, 2.75) is 17.9 Å². The minimum atomic E-state index is -3.54. The van der Waals surface area contributed by atoms with Gasteiger partial charge in [0.25, 0.3) is 0 Å². The number of hydrogen-bond donors (Lipinski definition) is 0. The van der Waals surface area contributed by atoms with Gasteiger partial charge in [0.1, 0.15) is 12.1 Å². The minimum Gasteiger partial charge on any atom is -0.326 e. The third-order valence-electron chi connectivity index (χ3n) is 3.12. The van der Waals surface area contributed by atoms with Gasteiger partial charge in [-0.3, -0.25) is 0 Å². The lowest BCUT2D eigenvalue weighted by Gasteiger charge is -2.21. The molecule has 0 bridgehead atoms. The third kappa shape index (κ3) is 3.25. The summed E-state index contributed by atoms with van der Waals surface area (Å²) in [5.74, 6) is 0. The van der Waals surface area contributed by atoms with Crippen molar-refractivity contribution in [1.29, 1.82) is 10.5 Å². The summed E-state index contributed by atoms with van der Waals surface area (Å²) in [6, 6.07) is 10.9. The molecule has 0 spiro atoms. The van der Waals surface area contributed by atoms with Crippen LogP contribution in [0.15, 0.2) is 70.3 Å². The molecule has 1 aliphatic heterocycles. The molecule has 1 heterocycles. The summed E-state index contributed by atoms with van der Waals surface area (Å²) < 4.78 is 24.6. The second-order valence-electron chi connectivity index (χ2n) is 4.67. The van der Waals surface area contributed by atoms with Crippen molar-refractivity contribution in [2.24, 2.45) is 0 Å². The van der Waals surface area contributed by atoms with E-state index < -0.39 is 15.9 Å². The molecule has 0 saturated heterocycles. The molecule has 110 valence electrons. The maximum atomic E-state index is 12.3. The van der Waals surface area contributed by atoms with Crippen molar-refractivity contribution in [3.05, 3.63) is 65.4 Å². The van der Waals surface area contributed by atoms with Crippen molar-refractivity contribution in [1.82, 2.24) is 4.90 Å². The summed E-state index contributed by atoms with van der Waals surface area (Å²) in [7, 11) is -3.54. The van der Waals surface area contributed by atoms with Crippen LogP contribution in [0.3, 0.4) is 0 Å². The van der Waals surface area contributed by atoms with E-state index in [2.05, 4.69) is 0 Å². The molecule has 1 aromatic rings. The summed E-state index contributed by atoms with van der Waals surface area (Å²) in [5.41, 5.74) is 1.19. The Morgan fingerprint density at radius 2 is 1.82 bits per heavy atom. The summed E-state index contributed by atoms with van der Waals surface area (Å²) in [6.45, 7) is 1.73. The number of benzene rings is 1. The molecule has 6 heteroatoms. The molecular weight excluding hydrogens is 298 g/mol. The predicted octanol–water partition coefficient (Wildman–Crippen LogP) is 2.49. The first-order chi connectivity index (χ1) is 10.5. The summed E-state index contributed by atoms with van der Waals surface area (Å²) in [5, 5.41) is 18.9. The maximum absolute atomic E-state index is 12.3. The van der Waals surface area contributed by atoms with Gasteiger partial charge in [-0.05, 0) is 36.3 Å². The molecule has 0 aliphatic carbocycles. The highest BCUT2D eigenvalue weighted by molar-refractivity contribution is 7.94. The van der Waals surface area contributed by atoms with E-state index in [1.807, 2.05) is 12.1 Å². The molecule has 2 rings (SSSR count). The largest absolute Gasteiger partial charge is 0.326 e. The van der Waals surface area contributed by atoms with Crippen LogP contribution in [0.5, 0.6) is 0 Å². The van der Waals surface area contributed by atoms with Gasteiger partial charge in [-0.1, -0.05) is 18.2 Å². The first-order valence-electron chi connectivity index (χ1n) is 6.43. The second kappa shape index (κ2) is 6.30. The lowest BCUT2D eigenvalue weighted by atomic mass is 10.1. The van der Waals surface area contributed by atoms with Crippen molar-refractivity contribution >= 4 is 9.84 Å². The second-order valence-corrected chi connectivity index (χ2v) is 6.46. The van der Waals surface area contributed by atoms with Crippen LogP contribution < -0.4 is 0 Å². The zero-order chi connectivity index (χ0) is 16.2. The Labute approximate surface area is 129 Å². The van der Waals surface area contributed by atoms with Crippen LogP contribution in [0.4, 0.5) is 0 Å². The van der Waals surface area contributed by atoms with Gasteiger partial charge in [0.2, 0.25) is 6.04 Å². The zero-order valence-electron chi connectivity index (χ0n) is 11.8. The zero-order valence-corrected chi connectivity index (χ0v) is 12.7. The molecule has 5 nitrogen and oxygen atoms in total. The molecule has 0 radical (unpaired) electrons. The number of hydrogen-bond acceptors (Lipinski definition) is 5. The van der Waals surface area contributed by atoms with Gasteiger partial charge in [-0.15, -0.1) is 0 Å². The molecule has 0 atom stereocenters. The number of allylic oxidation sites excluding steroid dienone is 3. The van der Waals surface area contributed by atoms with E-state index in [0.29, 0.717) is 11.1 Å². The summed E-state index contributed by atoms with van der Waals surface area (Å²) in [6.07, 6.45) is 4.69. The van der Waals surface area contributed by atoms with E-state index in [0.717, 1.165) is 0 Å². The highest BCUT2D eigenvalue weighted by Crippen LogP contribution is 2.23. The molecule has 0 fully saturated rings. The molecular formula is C16H13N3O2S. The summed E-state index contributed by atoms with van der Waals surface area (Å²) in [4.78, 5) is 1.67. The number of nitrogens with zero attached hydrogens (tertiary/aromatic N) is 3. The minimum absolute atomic E-state index is 0.220. The molecule has 0 saturated carbocycles. The van der Waals surface area contributed by atoms with E-state index in [9.17, 15) is 8.42 Å². The quantitative estimate of drug-likeness (QED) is 0.856. The van der Waals surface area contributed by atoms with Gasteiger partial charge >= 0.3 is 0 Å². The smallest absolute Gasteiger partial charge is 0.208 e. The van der Waals surface area contributed by atoms with Crippen LogP contribution in [-0.4, -0.2) is 19.4 Å². The van der Waals surface area contributed by atoms with E-state index in [4.69, 9.17) is 10.5 Å². The molecule has 1 aliphatic rings. The van der Waals surface area contributed by atoms with Gasteiger partial charge in [0.15, 0.2) is 9.84 Å². The maximum Gasteiger partial charge on any atom is 0.208 e. The molecule has 0 aromatic heterocycles. The van der Waals surface area contributed by atoms with Crippen molar-refractivity contribution in [2.75, 3.05) is 0 Å². The molecule has 0 amide bonds. The lowest BCUT2D eigenvalue weighted by Crippen LogP contribution is -2.24. The monoisotopic (exact) mass is 311 g/mol.